The van der Waals surface area contributed by atoms with Gasteiger partial charge in [0, 0.05) is 0 Å². The molecule has 0 aliphatic rings. The van der Waals surface area contributed by atoms with E-state index >= 15 is 0 Å². The summed E-state index contributed by atoms with van der Waals surface area (Å²) in [5.74, 6) is 0.925. The quantitative estimate of drug-likeness (QED) is 0.304. The van der Waals surface area contributed by atoms with E-state index in [9.17, 15) is 0 Å². The van der Waals surface area contributed by atoms with Crippen molar-refractivity contribution in [1.82, 2.24) is 0 Å². The van der Waals surface area contributed by atoms with Crippen LogP contribution in [0.5, 0.6) is 5.75 Å². The first-order valence-electron chi connectivity index (χ1n) is 10.1. The van der Waals surface area contributed by atoms with Gasteiger partial charge in [-0.15, -0.1) is 12.4 Å². The van der Waals surface area contributed by atoms with Gasteiger partial charge in [-0.1, -0.05) is 70.8 Å². The highest BCUT2D eigenvalue weighted by atomic mass is 35.5. The zero-order valence-electron chi connectivity index (χ0n) is 16.9. The molecule has 0 radical (unpaired) electrons. The monoisotopic (exact) mass is 369 g/mol. The molecule has 3 heteroatoms. The zero-order valence-corrected chi connectivity index (χ0v) is 17.7. The molecule has 1 aromatic rings. The van der Waals surface area contributed by atoms with Crippen LogP contribution in [0.3, 0.4) is 0 Å². The maximum Gasteiger partial charge on any atom is 0.144 e. The highest BCUT2D eigenvalue weighted by Gasteiger charge is 2.08. The first-order chi connectivity index (χ1) is 11.6. The van der Waals surface area contributed by atoms with Crippen LogP contribution in [0, 0.1) is 13.8 Å². The molecule has 2 N–H and O–H groups in total. The van der Waals surface area contributed by atoms with Gasteiger partial charge in [0.1, 0.15) is 12.0 Å². The molecule has 0 aliphatic heterocycles. The fraction of sp³-hybridized carbons (Fsp3) is 0.727. The summed E-state index contributed by atoms with van der Waals surface area (Å²) in [6.45, 7) is 8.49. The van der Waals surface area contributed by atoms with Crippen molar-refractivity contribution in [3.63, 3.8) is 0 Å². The summed E-state index contributed by atoms with van der Waals surface area (Å²) in [6, 6.07) is 4.30. The van der Waals surface area contributed by atoms with Gasteiger partial charge in [0.15, 0.2) is 0 Å². The third kappa shape index (κ3) is 10.1. The molecule has 0 aromatic heterocycles. The first-order valence-corrected chi connectivity index (χ1v) is 10.1. The molecule has 2 nitrogen and oxygen atoms in total. The lowest BCUT2D eigenvalue weighted by Crippen LogP contribution is -2.23. The van der Waals surface area contributed by atoms with Gasteiger partial charge in [-0.05, 0) is 56.4 Å². The van der Waals surface area contributed by atoms with E-state index in [2.05, 4.69) is 32.9 Å². The first kappa shape index (κ1) is 24.3. The predicted molar refractivity (Wildman–Crippen MR) is 113 cm³/mol. The van der Waals surface area contributed by atoms with Crippen LogP contribution in [0.1, 0.15) is 94.7 Å². The van der Waals surface area contributed by atoms with Crippen LogP contribution in [-0.2, 0) is 6.42 Å². The van der Waals surface area contributed by atoms with Gasteiger partial charge in [-0.3, -0.25) is 5.73 Å². The smallest absolute Gasteiger partial charge is 0.144 e. The van der Waals surface area contributed by atoms with Gasteiger partial charge in [0.2, 0.25) is 0 Å². The second kappa shape index (κ2) is 14.4. The number of ether oxygens (including phenoxy) is 1. The summed E-state index contributed by atoms with van der Waals surface area (Å²) in [6.07, 6.45) is 14.8. The Bertz CT molecular complexity index is 460. The third-order valence-electron chi connectivity index (χ3n) is 4.96. The van der Waals surface area contributed by atoms with Gasteiger partial charge in [0.25, 0.3) is 0 Å². The third-order valence-corrected chi connectivity index (χ3v) is 4.96. The number of aryl methyl sites for hydroxylation is 1. The molecule has 0 fully saturated rings. The SMILES string of the molecule is CCCCCCCCCCCCc1ccc(OC(C)N)c(C)c1C.Cl. The lowest BCUT2D eigenvalue weighted by atomic mass is 9.97. The molecule has 0 amide bonds. The Morgan fingerprint density at radius 2 is 1.36 bits per heavy atom. The Hall–Kier alpha value is -0.730. The van der Waals surface area contributed by atoms with E-state index in [4.69, 9.17) is 10.5 Å². The Balaban J connectivity index is 0.00000576. The van der Waals surface area contributed by atoms with Gasteiger partial charge in [0.05, 0.1) is 0 Å². The Morgan fingerprint density at radius 3 is 1.88 bits per heavy atom. The molecule has 0 heterocycles. The van der Waals surface area contributed by atoms with E-state index in [0.29, 0.717) is 0 Å². The highest BCUT2D eigenvalue weighted by Crippen LogP contribution is 2.26. The van der Waals surface area contributed by atoms with E-state index in [-0.39, 0.29) is 18.6 Å². The van der Waals surface area contributed by atoms with Crippen molar-refractivity contribution >= 4 is 12.4 Å². The summed E-state index contributed by atoms with van der Waals surface area (Å²) in [5.41, 5.74) is 9.79. The van der Waals surface area contributed by atoms with E-state index in [1.165, 1.54) is 87.3 Å². The standard InChI is InChI=1S/C22H39NO.ClH/c1-5-6-7-8-9-10-11-12-13-14-15-21-16-17-22(24-20(4)23)19(3)18(21)2;/h16-17,20H,5-15,23H2,1-4H3;1H. The second-order valence-electron chi connectivity index (χ2n) is 7.23. The second-order valence-corrected chi connectivity index (χ2v) is 7.23. The van der Waals surface area contributed by atoms with Crippen LogP contribution in [0.15, 0.2) is 12.1 Å². The lowest BCUT2D eigenvalue weighted by Gasteiger charge is -2.16. The molecule has 0 saturated heterocycles. The number of benzene rings is 1. The number of hydrogen-bond donors (Lipinski definition) is 1. The van der Waals surface area contributed by atoms with Crippen LogP contribution >= 0.6 is 12.4 Å². The minimum absolute atomic E-state index is 0. The summed E-state index contributed by atoms with van der Waals surface area (Å²) in [5, 5.41) is 0. The normalized spacial score (nSPS) is 11.9. The summed E-state index contributed by atoms with van der Waals surface area (Å²) in [7, 11) is 0. The number of hydrogen-bond acceptors (Lipinski definition) is 2. The Morgan fingerprint density at radius 1 is 0.840 bits per heavy atom. The lowest BCUT2D eigenvalue weighted by molar-refractivity contribution is 0.228. The van der Waals surface area contributed by atoms with Crippen LogP contribution < -0.4 is 10.5 Å². The minimum atomic E-state index is -0.254. The van der Waals surface area contributed by atoms with Gasteiger partial charge >= 0.3 is 0 Å². The molecule has 0 spiro atoms. The average molecular weight is 370 g/mol. The van der Waals surface area contributed by atoms with Crippen molar-refractivity contribution in [1.29, 1.82) is 0 Å². The predicted octanol–water partition coefficient (Wildman–Crippen LogP) is 6.87. The number of rotatable bonds is 13. The van der Waals surface area contributed by atoms with Crippen molar-refractivity contribution in [2.75, 3.05) is 0 Å². The Labute approximate surface area is 162 Å². The summed E-state index contributed by atoms with van der Waals surface area (Å²) >= 11 is 0. The number of nitrogens with two attached hydrogens (primary N) is 1. The van der Waals surface area contributed by atoms with Crippen molar-refractivity contribution in [3.05, 3.63) is 28.8 Å². The summed E-state index contributed by atoms with van der Waals surface area (Å²) < 4.78 is 5.66. The van der Waals surface area contributed by atoms with Crippen molar-refractivity contribution in [2.45, 2.75) is 105 Å². The number of halogens is 1. The van der Waals surface area contributed by atoms with Crippen molar-refractivity contribution < 1.29 is 4.74 Å². The Kier molecular flexibility index (Phi) is 14.0. The molecule has 25 heavy (non-hydrogen) atoms. The molecule has 0 bridgehead atoms. The van der Waals surface area contributed by atoms with Crippen LogP contribution in [0.2, 0.25) is 0 Å². The van der Waals surface area contributed by atoms with Gasteiger partial charge in [-0.2, -0.15) is 0 Å². The maximum atomic E-state index is 5.73. The largest absolute Gasteiger partial charge is 0.476 e. The van der Waals surface area contributed by atoms with E-state index in [1.807, 2.05) is 6.92 Å². The molecule has 146 valence electrons. The van der Waals surface area contributed by atoms with E-state index < -0.39 is 0 Å². The van der Waals surface area contributed by atoms with E-state index in [1.54, 1.807) is 0 Å². The van der Waals surface area contributed by atoms with Crippen LogP contribution in [0.4, 0.5) is 0 Å². The molecule has 0 aliphatic carbocycles. The van der Waals surface area contributed by atoms with Crippen LogP contribution in [0.25, 0.3) is 0 Å². The molecule has 0 saturated carbocycles. The molecule has 1 unspecified atom stereocenters. The molecule has 1 rings (SSSR count). The highest BCUT2D eigenvalue weighted by molar-refractivity contribution is 5.85. The van der Waals surface area contributed by atoms with Crippen molar-refractivity contribution in [3.8, 4) is 5.75 Å². The minimum Gasteiger partial charge on any atom is -0.476 e. The molecule has 1 atom stereocenters. The van der Waals surface area contributed by atoms with Crippen LogP contribution in [-0.4, -0.2) is 6.23 Å². The number of unbranched alkanes of at least 4 members (excludes halogenated alkanes) is 9. The summed E-state index contributed by atoms with van der Waals surface area (Å²) in [4.78, 5) is 0. The van der Waals surface area contributed by atoms with Crippen molar-refractivity contribution in [2.24, 2.45) is 5.73 Å². The average Bonchev–Trinajstić information content (AvgIpc) is 2.55. The molecule has 1 aromatic carbocycles. The fourth-order valence-corrected chi connectivity index (χ4v) is 3.25. The zero-order chi connectivity index (χ0) is 17.8. The maximum absolute atomic E-state index is 5.73. The topological polar surface area (TPSA) is 35.2 Å². The van der Waals surface area contributed by atoms with Gasteiger partial charge in [-0.25, -0.2) is 0 Å². The van der Waals surface area contributed by atoms with Gasteiger partial charge < -0.3 is 4.74 Å². The molecular weight excluding hydrogens is 330 g/mol. The molecular formula is C22H40ClNO. The fourth-order valence-electron chi connectivity index (χ4n) is 3.25. The van der Waals surface area contributed by atoms with E-state index in [0.717, 1.165) is 5.75 Å².